The van der Waals surface area contributed by atoms with Crippen molar-refractivity contribution in [2.45, 2.75) is 51.5 Å². The van der Waals surface area contributed by atoms with E-state index in [4.69, 9.17) is 9.47 Å². The number of benzene rings is 6. The molecule has 1 amide bonds. The Morgan fingerprint density at radius 1 is 0.754 bits per heavy atom. The van der Waals surface area contributed by atoms with E-state index in [0.29, 0.717) is 17.7 Å². The highest BCUT2D eigenvalue weighted by Gasteiger charge is 2.39. The zero-order valence-corrected chi connectivity index (χ0v) is 31.5. The summed E-state index contributed by atoms with van der Waals surface area (Å²) in [4.78, 5) is 15.0. The Morgan fingerprint density at radius 3 is 2.05 bits per heavy atom. The first kappa shape index (κ1) is 39.8. The van der Waals surface area contributed by atoms with E-state index in [9.17, 15) is 31.9 Å². The number of nitrogens with one attached hydrogen (secondary N) is 1. The molecule has 1 fully saturated rings. The molecular weight excluding hydrogens is 740 g/mol. The van der Waals surface area contributed by atoms with Crippen LogP contribution in [0.2, 0.25) is 0 Å². The molecule has 2 N–H and O–H groups in total. The van der Waals surface area contributed by atoms with Gasteiger partial charge in [-0.2, -0.15) is 0 Å². The molecule has 1 saturated heterocycles. The lowest BCUT2D eigenvalue weighted by molar-refractivity contribution is -0.276. The van der Waals surface area contributed by atoms with Gasteiger partial charge in [0, 0.05) is 30.6 Å². The van der Waals surface area contributed by atoms with Crippen LogP contribution >= 0.6 is 0 Å². The summed E-state index contributed by atoms with van der Waals surface area (Å²) < 4.78 is 83.2. The number of ether oxygens (including phenoxy) is 2. The van der Waals surface area contributed by atoms with Crippen LogP contribution in [0.25, 0.3) is 21.9 Å². The molecule has 6 aromatic carbocycles. The molecule has 0 bridgehead atoms. The molecule has 0 aromatic heterocycles. The Balaban J connectivity index is 1.11. The maximum Gasteiger partial charge on any atom is 0.257 e. The van der Waals surface area contributed by atoms with Crippen LogP contribution in [0.15, 0.2) is 115 Å². The number of halogens is 5. The van der Waals surface area contributed by atoms with E-state index < -0.39 is 46.8 Å². The number of nitrogens with zero attached hydrogens (tertiary/aromatic N) is 1. The summed E-state index contributed by atoms with van der Waals surface area (Å²) >= 11 is 0. The Hall–Kier alpha value is -5.46. The molecule has 7 rings (SSSR count). The number of rotatable bonds is 11. The van der Waals surface area contributed by atoms with Crippen molar-refractivity contribution >= 4 is 16.7 Å². The van der Waals surface area contributed by atoms with Gasteiger partial charge >= 0.3 is 0 Å². The van der Waals surface area contributed by atoms with E-state index in [-0.39, 0.29) is 37.3 Å². The number of aliphatic hydroxyl groups is 1. The fourth-order valence-corrected chi connectivity index (χ4v) is 7.34. The highest BCUT2D eigenvalue weighted by atomic mass is 19.2. The molecular formula is C46H41F5N2O4. The molecule has 6 aromatic rings. The third-order valence-electron chi connectivity index (χ3n) is 10.9. The molecule has 1 heterocycles. The van der Waals surface area contributed by atoms with Crippen molar-refractivity contribution in [3.8, 4) is 11.1 Å². The number of aliphatic hydroxyl groups excluding tert-OH is 1. The summed E-state index contributed by atoms with van der Waals surface area (Å²) in [6, 6.07) is 37.0. The van der Waals surface area contributed by atoms with E-state index in [1.165, 1.54) is 16.3 Å². The summed E-state index contributed by atoms with van der Waals surface area (Å²) in [6.45, 7) is 4.58. The first-order valence-corrected chi connectivity index (χ1v) is 18.6. The summed E-state index contributed by atoms with van der Waals surface area (Å²) in [5.41, 5.74) is 4.10. The fraction of sp³-hybridized carbons (Fsp3) is 0.239. The average Bonchev–Trinajstić information content (AvgIpc) is 3.24. The van der Waals surface area contributed by atoms with Gasteiger partial charge in [-0.3, -0.25) is 9.69 Å². The number of hydrogen-bond acceptors (Lipinski definition) is 5. The minimum Gasteiger partial charge on any atom is -0.392 e. The molecule has 0 radical (unpaired) electrons. The van der Waals surface area contributed by atoms with Crippen LogP contribution in [-0.2, 0) is 22.6 Å². The van der Waals surface area contributed by atoms with E-state index in [2.05, 4.69) is 61.4 Å². The van der Waals surface area contributed by atoms with Crippen molar-refractivity contribution in [3.63, 3.8) is 0 Å². The van der Waals surface area contributed by atoms with Gasteiger partial charge in [0.05, 0.1) is 18.8 Å². The van der Waals surface area contributed by atoms with Crippen molar-refractivity contribution in [2.75, 3.05) is 13.6 Å². The lowest BCUT2D eigenvalue weighted by Crippen LogP contribution is -2.44. The van der Waals surface area contributed by atoms with Crippen molar-refractivity contribution < 1.29 is 41.3 Å². The number of carbonyl (C=O) groups is 1. The number of hydrogen-bond donors (Lipinski definition) is 2. The monoisotopic (exact) mass is 780 g/mol. The Kier molecular flexibility index (Phi) is 11.8. The maximum absolute atomic E-state index is 14.3. The lowest BCUT2D eigenvalue weighted by atomic mass is 9.89. The zero-order valence-electron chi connectivity index (χ0n) is 31.5. The Labute approximate surface area is 327 Å². The third-order valence-corrected chi connectivity index (χ3v) is 10.9. The quantitative estimate of drug-likeness (QED) is 0.0779. The summed E-state index contributed by atoms with van der Waals surface area (Å²) in [5.74, 6) is -12.6. The highest BCUT2D eigenvalue weighted by Crippen LogP contribution is 2.43. The number of amides is 1. The second-order valence-electron chi connectivity index (χ2n) is 14.5. The Bertz CT molecular complexity index is 2360. The van der Waals surface area contributed by atoms with Gasteiger partial charge in [-0.05, 0) is 64.2 Å². The van der Waals surface area contributed by atoms with Crippen LogP contribution in [0.4, 0.5) is 22.0 Å². The predicted octanol–water partition coefficient (Wildman–Crippen LogP) is 10.1. The maximum atomic E-state index is 14.3. The van der Waals surface area contributed by atoms with Gasteiger partial charge in [-0.25, -0.2) is 22.0 Å². The minimum absolute atomic E-state index is 0.0429. The van der Waals surface area contributed by atoms with Gasteiger partial charge in [0.15, 0.2) is 29.6 Å². The van der Waals surface area contributed by atoms with Gasteiger partial charge in [0.1, 0.15) is 5.56 Å². The second kappa shape index (κ2) is 17.0. The smallest absolute Gasteiger partial charge is 0.257 e. The Morgan fingerprint density at radius 2 is 1.37 bits per heavy atom. The highest BCUT2D eigenvalue weighted by molar-refractivity contribution is 5.95. The van der Waals surface area contributed by atoms with Gasteiger partial charge in [-0.15, -0.1) is 0 Å². The molecule has 6 nitrogen and oxygen atoms in total. The average molecular weight is 781 g/mol. The zero-order chi connectivity index (χ0) is 40.4. The molecule has 0 unspecified atom stereocenters. The normalized spacial score (nSPS) is 18.8. The van der Waals surface area contributed by atoms with Crippen molar-refractivity contribution in [2.24, 2.45) is 5.92 Å². The molecule has 0 spiro atoms. The molecule has 57 heavy (non-hydrogen) atoms. The molecule has 294 valence electrons. The van der Waals surface area contributed by atoms with Gasteiger partial charge in [0.25, 0.3) is 5.91 Å². The summed E-state index contributed by atoms with van der Waals surface area (Å²) in [7, 11) is 2.09. The lowest BCUT2D eigenvalue weighted by Gasteiger charge is -2.43. The van der Waals surface area contributed by atoms with Crippen LogP contribution in [0.5, 0.6) is 0 Å². The van der Waals surface area contributed by atoms with Gasteiger partial charge in [0.2, 0.25) is 5.82 Å². The van der Waals surface area contributed by atoms with Crippen molar-refractivity contribution in [1.29, 1.82) is 0 Å². The topological polar surface area (TPSA) is 71.0 Å². The summed E-state index contributed by atoms with van der Waals surface area (Å²) in [6.07, 6.45) is -1.29. The van der Waals surface area contributed by atoms with E-state index in [0.717, 1.165) is 22.3 Å². The summed E-state index contributed by atoms with van der Waals surface area (Å²) in [5, 5.41) is 14.3. The first-order valence-electron chi connectivity index (χ1n) is 18.6. The van der Waals surface area contributed by atoms with Crippen LogP contribution < -0.4 is 5.32 Å². The molecule has 0 aliphatic carbocycles. The number of carbonyl (C=O) groups excluding carboxylic acids is 1. The van der Waals surface area contributed by atoms with Gasteiger partial charge in [-0.1, -0.05) is 116 Å². The second-order valence-corrected chi connectivity index (χ2v) is 14.5. The minimum atomic E-state index is -2.34. The van der Waals surface area contributed by atoms with Crippen LogP contribution in [-0.4, -0.2) is 35.6 Å². The number of likely N-dealkylation sites (N-methyl/N-ethyl adjacent to an activating group) is 1. The molecule has 0 saturated carbocycles. The van der Waals surface area contributed by atoms with Crippen molar-refractivity contribution in [3.05, 3.63) is 178 Å². The standard InChI is InChI=1S/C46H41F5N2O4/c1-26-37(24-53(3)27(2)33-21-16-29-8-4-5-9-34(29)22-33)56-46(57-44(26)31-14-12-28(25-54)13-15-31)32-19-17-30(18-20-32)36-11-7-6-10-35(36)23-52-45(55)38-39(47)41(49)43(51)42(50)40(38)48/h4-22,26-27,37,44,46,54H,23-25H2,1-3H3,(H,52,55)/t26-,27+,37+,44+,46+/m0/s1. The van der Waals surface area contributed by atoms with Gasteiger partial charge < -0.3 is 19.9 Å². The predicted molar refractivity (Wildman–Crippen MR) is 207 cm³/mol. The van der Waals surface area contributed by atoms with Crippen LogP contribution in [0, 0.1) is 35.0 Å². The fourth-order valence-electron chi connectivity index (χ4n) is 7.34. The largest absolute Gasteiger partial charge is 0.392 e. The first-order chi connectivity index (χ1) is 27.4. The molecule has 1 aliphatic rings. The van der Waals surface area contributed by atoms with E-state index in [1.54, 1.807) is 24.3 Å². The molecule has 5 atom stereocenters. The van der Waals surface area contributed by atoms with E-state index >= 15 is 0 Å². The number of fused-ring (bicyclic) bond motifs is 1. The third kappa shape index (κ3) is 8.20. The molecule has 11 heteroatoms. The SMILES string of the molecule is C[C@H]1[C@@H](CN(C)[C@H](C)c2ccc3ccccc3c2)O[C@@H](c2ccc(-c3ccccc3CNC(=O)c3c(F)c(F)c(F)c(F)c3F)cc2)O[C@H]1c1ccc(CO)cc1. The molecule has 1 aliphatic heterocycles. The van der Waals surface area contributed by atoms with Crippen molar-refractivity contribution in [1.82, 2.24) is 10.2 Å². The van der Waals surface area contributed by atoms with Crippen LogP contribution in [0.3, 0.4) is 0 Å². The van der Waals surface area contributed by atoms with Crippen LogP contribution in [0.1, 0.15) is 70.5 Å². The van der Waals surface area contributed by atoms with E-state index in [1.807, 2.05) is 60.7 Å².